The molecule has 2 aromatic rings. The number of phosphoric ester groups is 1. The molecule has 1 atom stereocenters. The maximum absolute atomic E-state index is 12.6. The quantitative estimate of drug-likeness (QED) is 0.137. The lowest BCUT2D eigenvalue weighted by Crippen LogP contribution is -2.09. The van der Waals surface area contributed by atoms with Crippen LogP contribution in [0.4, 0.5) is 0 Å². The van der Waals surface area contributed by atoms with Crippen LogP contribution < -0.4 is 0 Å². The topological polar surface area (TPSA) is 157 Å². The van der Waals surface area contributed by atoms with Gasteiger partial charge in [-0.05, 0) is 44.4 Å². The Morgan fingerprint density at radius 1 is 0.861 bits per heavy atom. The number of hydrogen-bond acceptors (Lipinski definition) is 7. The summed E-state index contributed by atoms with van der Waals surface area (Å²) in [6.07, 6.45) is 4.50. The molecule has 3 N–H and O–H groups in total. The van der Waals surface area contributed by atoms with Crippen molar-refractivity contribution in [2.45, 2.75) is 26.7 Å². The maximum atomic E-state index is 12.6. The predicted octanol–water partition coefficient (Wildman–Crippen LogP) is 4.97. The van der Waals surface area contributed by atoms with E-state index in [1.54, 1.807) is 56.3 Å². The van der Waals surface area contributed by atoms with Crippen LogP contribution in [0.15, 0.2) is 77.9 Å². The molecule has 2 rings (SSSR count). The molecule has 2 aromatic carbocycles. The third-order valence-electron chi connectivity index (χ3n) is 4.74. The van der Waals surface area contributed by atoms with E-state index in [2.05, 4.69) is 8.83 Å². The standard InChI is InChI=1S/C24H28O10P2/c1-18(14-15-33-36(30,31)34-35(27,28)29)8-6-9-19(2)17-32-24(26)22-13-7-12-21(16-22)23(25)20-10-4-3-5-11-20/h3-5,7,9-14,16H,6,8,15,17H2,1-2H3,(H,30,31)(H2,27,28,29)/b18-14+,19-9+/i35+1,36+1. The monoisotopic (exact) mass is 540 g/mol. The zero-order valence-corrected chi connectivity index (χ0v) is 21.6. The van der Waals surface area contributed by atoms with E-state index in [1.165, 1.54) is 12.1 Å². The van der Waals surface area contributed by atoms with Gasteiger partial charge in [-0.3, -0.25) is 9.32 Å². The smallest absolute Gasteiger partial charge is 0.458 e. The number of allylic oxidation sites excluding steroid dienone is 2. The zero-order chi connectivity index (χ0) is 26.8. The summed E-state index contributed by atoms with van der Waals surface area (Å²) in [7, 11) is -10.0. The number of ketones is 1. The fourth-order valence-corrected chi connectivity index (χ4v) is 4.47. The molecule has 0 bridgehead atoms. The van der Waals surface area contributed by atoms with Crippen molar-refractivity contribution in [1.29, 1.82) is 0 Å². The third-order valence-corrected chi connectivity index (χ3v) is 6.89. The van der Waals surface area contributed by atoms with Gasteiger partial charge in [0.1, 0.15) is 6.61 Å². The minimum Gasteiger partial charge on any atom is -0.458 e. The van der Waals surface area contributed by atoms with Crippen molar-refractivity contribution in [1.82, 2.24) is 0 Å². The highest BCUT2D eigenvalue weighted by Crippen LogP contribution is 2.57. The molecule has 0 aliphatic carbocycles. The summed E-state index contributed by atoms with van der Waals surface area (Å²) in [6.45, 7) is 3.25. The molecule has 0 aliphatic heterocycles. The first kappa shape index (κ1) is 29.5. The summed E-state index contributed by atoms with van der Waals surface area (Å²) < 4.78 is 35.5. The van der Waals surface area contributed by atoms with Gasteiger partial charge >= 0.3 is 21.6 Å². The van der Waals surface area contributed by atoms with E-state index in [0.29, 0.717) is 24.0 Å². The fraction of sp³-hybridized carbons (Fsp3) is 0.250. The summed E-state index contributed by atoms with van der Waals surface area (Å²) >= 11 is 0. The van der Waals surface area contributed by atoms with E-state index >= 15 is 0 Å². The van der Waals surface area contributed by atoms with Crippen molar-refractivity contribution in [3.8, 4) is 0 Å². The van der Waals surface area contributed by atoms with Gasteiger partial charge in [-0.25, -0.2) is 13.9 Å². The maximum Gasteiger partial charge on any atom is 0.481 e. The number of rotatable bonds is 13. The SMILES string of the molecule is C/C(=C\CO[32P](=O)(O)O[32P](=O)(O)O)CC/C=C(\C)COC(=O)c1cccc(C(=O)c2ccccc2)c1. The average molecular weight is 540 g/mol. The fourth-order valence-electron chi connectivity index (χ4n) is 2.95. The van der Waals surface area contributed by atoms with Crippen molar-refractivity contribution in [2.24, 2.45) is 0 Å². The van der Waals surface area contributed by atoms with Gasteiger partial charge < -0.3 is 19.4 Å². The molecule has 0 radical (unpaired) electrons. The Labute approximate surface area is 209 Å². The molecule has 0 saturated heterocycles. The van der Waals surface area contributed by atoms with Crippen LogP contribution in [0.25, 0.3) is 0 Å². The average Bonchev–Trinajstić information content (AvgIpc) is 2.81. The van der Waals surface area contributed by atoms with Gasteiger partial charge in [0.05, 0.1) is 12.2 Å². The second-order valence-electron chi connectivity index (χ2n) is 7.83. The molecule has 0 saturated carbocycles. The van der Waals surface area contributed by atoms with Gasteiger partial charge in [-0.1, -0.05) is 60.2 Å². The normalized spacial score (nSPS) is 14.2. The van der Waals surface area contributed by atoms with Gasteiger partial charge in [0.2, 0.25) is 0 Å². The minimum atomic E-state index is -5.15. The van der Waals surface area contributed by atoms with Gasteiger partial charge in [-0.15, -0.1) is 0 Å². The van der Waals surface area contributed by atoms with E-state index in [-0.39, 0.29) is 24.6 Å². The first-order valence-electron chi connectivity index (χ1n) is 10.8. The second-order valence-corrected chi connectivity index (χ2v) is 10.7. The van der Waals surface area contributed by atoms with Crippen LogP contribution >= 0.6 is 15.6 Å². The molecule has 36 heavy (non-hydrogen) atoms. The molecule has 0 aromatic heterocycles. The lowest BCUT2D eigenvalue weighted by atomic mass is 10.0. The number of hydrogen-bond donors (Lipinski definition) is 3. The zero-order valence-electron chi connectivity index (χ0n) is 19.8. The number of carbonyl (C=O) groups excluding carboxylic acids is 2. The Morgan fingerprint density at radius 3 is 2.17 bits per heavy atom. The van der Waals surface area contributed by atoms with Crippen molar-refractivity contribution in [3.63, 3.8) is 0 Å². The molecule has 12 heteroatoms. The molecule has 10 nitrogen and oxygen atoms in total. The summed E-state index contributed by atoms with van der Waals surface area (Å²) in [4.78, 5) is 51.4. The molecule has 0 heterocycles. The number of phosphoric acid groups is 2. The van der Waals surface area contributed by atoms with Crippen LogP contribution in [0, 0.1) is 0 Å². The molecule has 194 valence electrons. The second kappa shape index (κ2) is 13.6. The van der Waals surface area contributed by atoms with Crippen LogP contribution in [0.1, 0.15) is 53.0 Å². The minimum absolute atomic E-state index is 0.0645. The molecule has 0 fully saturated rings. The van der Waals surface area contributed by atoms with Crippen LogP contribution in [0.2, 0.25) is 0 Å². The largest absolute Gasteiger partial charge is 0.481 e. The van der Waals surface area contributed by atoms with E-state index in [4.69, 9.17) is 14.5 Å². The summed E-state index contributed by atoms with van der Waals surface area (Å²) in [5.41, 5.74) is 2.79. The van der Waals surface area contributed by atoms with Crippen LogP contribution in [-0.4, -0.2) is 39.6 Å². The first-order valence-corrected chi connectivity index (χ1v) is 13.8. The molecule has 0 amide bonds. The Balaban J connectivity index is 1.81. The summed E-state index contributed by atoms with van der Waals surface area (Å²) in [5, 5.41) is 0. The summed E-state index contributed by atoms with van der Waals surface area (Å²) in [6, 6.07) is 15.1. The Kier molecular flexibility index (Phi) is 11.1. The van der Waals surface area contributed by atoms with Gasteiger partial charge in [0.25, 0.3) is 0 Å². The van der Waals surface area contributed by atoms with Crippen LogP contribution in [-0.2, 0) is 22.7 Å². The van der Waals surface area contributed by atoms with E-state index in [0.717, 1.165) is 11.1 Å². The van der Waals surface area contributed by atoms with E-state index < -0.39 is 21.6 Å². The number of carbonyl (C=O) groups is 2. The summed E-state index contributed by atoms with van der Waals surface area (Å²) in [5.74, 6) is -0.740. The van der Waals surface area contributed by atoms with E-state index in [1.807, 2.05) is 12.1 Å². The highest BCUT2D eigenvalue weighted by molar-refractivity contribution is 7.60. The van der Waals surface area contributed by atoms with Crippen molar-refractivity contribution >= 4 is 27.4 Å². The number of ether oxygens (including phenoxy) is 1. The molecular formula is C24H28O10P2. The van der Waals surface area contributed by atoms with Crippen molar-refractivity contribution < 1.29 is 47.0 Å². The molecule has 1 unspecified atom stereocenters. The van der Waals surface area contributed by atoms with Gasteiger partial charge in [-0.2, -0.15) is 4.31 Å². The predicted molar refractivity (Wildman–Crippen MR) is 132 cm³/mol. The van der Waals surface area contributed by atoms with Crippen molar-refractivity contribution in [2.75, 3.05) is 13.2 Å². The Morgan fingerprint density at radius 2 is 1.50 bits per heavy atom. The van der Waals surface area contributed by atoms with Gasteiger partial charge in [0, 0.05) is 11.1 Å². The van der Waals surface area contributed by atoms with E-state index in [9.17, 15) is 23.6 Å². The highest BCUT2D eigenvalue weighted by atomic mass is 32.3. The van der Waals surface area contributed by atoms with Crippen LogP contribution in [0.3, 0.4) is 0 Å². The molecule has 0 aliphatic rings. The number of esters is 1. The Bertz CT molecular complexity index is 1210. The third kappa shape index (κ3) is 10.9. The lowest BCUT2D eigenvalue weighted by molar-refractivity contribution is 0.0539. The highest BCUT2D eigenvalue weighted by Gasteiger charge is 2.31. The molecular weight excluding hydrogens is 512 g/mol. The number of benzene rings is 2. The first-order chi connectivity index (χ1) is 16.9. The van der Waals surface area contributed by atoms with Crippen molar-refractivity contribution in [3.05, 3.63) is 94.6 Å². The van der Waals surface area contributed by atoms with Crippen LogP contribution in [0.5, 0.6) is 0 Å². The molecule has 0 spiro atoms. The lowest BCUT2D eigenvalue weighted by Gasteiger charge is -2.11. The Hall–Kier alpha value is -2.68. The van der Waals surface area contributed by atoms with Gasteiger partial charge in [0.15, 0.2) is 5.78 Å².